The van der Waals surface area contributed by atoms with Crippen LogP contribution < -0.4 is 9.80 Å². The molecule has 1 aromatic heterocycles. The number of aryl methyl sites for hydroxylation is 1. The highest BCUT2D eigenvalue weighted by Crippen LogP contribution is 2.26. The summed E-state index contributed by atoms with van der Waals surface area (Å²) in [7, 11) is 0. The Morgan fingerprint density at radius 1 is 0.800 bits per heavy atom. The number of aromatic nitrogens is 2. The molecule has 25 heavy (non-hydrogen) atoms. The summed E-state index contributed by atoms with van der Waals surface area (Å²) < 4.78 is 0. The van der Waals surface area contributed by atoms with E-state index < -0.39 is 0 Å². The number of hydrogen-bond acceptors (Lipinski definition) is 4. The first-order chi connectivity index (χ1) is 12.3. The highest BCUT2D eigenvalue weighted by atomic mass is 15.3. The first-order valence-electron chi connectivity index (χ1n) is 9.16. The summed E-state index contributed by atoms with van der Waals surface area (Å²) in [6.45, 7) is 6.19. The number of fused-ring (bicyclic) bond motifs is 1. The van der Waals surface area contributed by atoms with Gasteiger partial charge in [0.25, 0.3) is 0 Å². The maximum atomic E-state index is 4.91. The van der Waals surface area contributed by atoms with E-state index in [1.165, 1.54) is 5.69 Å². The fourth-order valence-electron chi connectivity index (χ4n) is 3.50. The van der Waals surface area contributed by atoms with E-state index in [-0.39, 0.29) is 0 Å². The van der Waals surface area contributed by atoms with Crippen LogP contribution in [0, 0.1) is 0 Å². The molecule has 0 atom stereocenters. The average Bonchev–Trinajstić information content (AvgIpc) is 2.68. The van der Waals surface area contributed by atoms with E-state index >= 15 is 0 Å². The van der Waals surface area contributed by atoms with Gasteiger partial charge in [-0.1, -0.05) is 37.3 Å². The van der Waals surface area contributed by atoms with E-state index in [1.54, 1.807) is 0 Å². The van der Waals surface area contributed by atoms with Gasteiger partial charge in [0.15, 0.2) is 0 Å². The van der Waals surface area contributed by atoms with E-state index in [0.717, 1.165) is 61.6 Å². The summed E-state index contributed by atoms with van der Waals surface area (Å²) in [6, 6.07) is 19.0. The quantitative estimate of drug-likeness (QED) is 0.725. The first kappa shape index (κ1) is 15.9. The smallest absolute Gasteiger partial charge is 0.140 e. The summed E-state index contributed by atoms with van der Waals surface area (Å²) in [5, 5.41) is 1.16. The Bertz CT molecular complexity index is 839. The van der Waals surface area contributed by atoms with Crippen LogP contribution in [0.4, 0.5) is 11.5 Å². The number of para-hydroxylation sites is 2. The third kappa shape index (κ3) is 3.29. The largest absolute Gasteiger partial charge is 0.368 e. The van der Waals surface area contributed by atoms with Gasteiger partial charge in [-0.05, 0) is 30.7 Å². The second-order valence-corrected chi connectivity index (χ2v) is 6.54. The Hall–Kier alpha value is -2.62. The summed E-state index contributed by atoms with van der Waals surface area (Å²) in [5.41, 5.74) is 2.36. The fraction of sp³-hybridized carbons (Fsp3) is 0.333. The molecule has 0 N–H and O–H groups in total. The van der Waals surface area contributed by atoms with Crippen LogP contribution in [-0.4, -0.2) is 36.1 Å². The van der Waals surface area contributed by atoms with Crippen LogP contribution >= 0.6 is 0 Å². The van der Waals surface area contributed by atoms with Crippen LogP contribution in [0.1, 0.15) is 19.2 Å². The first-order valence-corrected chi connectivity index (χ1v) is 9.16. The van der Waals surface area contributed by atoms with Crippen molar-refractivity contribution in [3.63, 3.8) is 0 Å². The molecule has 0 unspecified atom stereocenters. The summed E-state index contributed by atoms with van der Waals surface area (Å²) in [5.74, 6) is 2.06. The minimum atomic E-state index is 0.932. The zero-order chi connectivity index (χ0) is 17.1. The van der Waals surface area contributed by atoms with Gasteiger partial charge in [0.05, 0.1) is 5.52 Å². The van der Waals surface area contributed by atoms with E-state index in [4.69, 9.17) is 9.97 Å². The highest BCUT2D eigenvalue weighted by molar-refractivity contribution is 5.89. The number of benzene rings is 2. The van der Waals surface area contributed by atoms with Gasteiger partial charge in [-0.2, -0.15) is 0 Å². The molecular weight excluding hydrogens is 308 g/mol. The van der Waals surface area contributed by atoms with Crippen molar-refractivity contribution >= 4 is 22.4 Å². The monoisotopic (exact) mass is 332 g/mol. The van der Waals surface area contributed by atoms with Gasteiger partial charge in [-0.15, -0.1) is 0 Å². The Morgan fingerprint density at radius 3 is 2.24 bits per heavy atom. The van der Waals surface area contributed by atoms with Gasteiger partial charge in [-0.25, -0.2) is 9.97 Å². The normalized spacial score (nSPS) is 14.9. The summed E-state index contributed by atoms with van der Waals surface area (Å²) >= 11 is 0. The molecule has 1 aliphatic heterocycles. The van der Waals surface area contributed by atoms with Gasteiger partial charge < -0.3 is 9.80 Å². The molecule has 2 heterocycles. The molecule has 128 valence electrons. The van der Waals surface area contributed by atoms with Crippen molar-refractivity contribution in [2.45, 2.75) is 19.8 Å². The molecule has 0 amide bonds. The molecule has 0 bridgehead atoms. The lowest BCUT2D eigenvalue weighted by atomic mass is 10.2. The predicted octanol–water partition coefficient (Wildman–Crippen LogP) is 3.91. The van der Waals surface area contributed by atoms with Crippen molar-refractivity contribution in [3.8, 4) is 0 Å². The molecule has 4 rings (SSSR count). The lowest BCUT2D eigenvalue weighted by Crippen LogP contribution is -2.47. The third-order valence-corrected chi connectivity index (χ3v) is 4.80. The molecule has 2 aromatic carbocycles. The van der Waals surface area contributed by atoms with Crippen molar-refractivity contribution in [2.24, 2.45) is 0 Å². The van der Waals surface area contributed by atoms with E-state index in [0.29, 0.717) is 0 Å². The Balaban J connectivity index is 1.60. The van der Waals surface area contributed by atoms with Crippen molar-refractivity contribution < 1.29 is 0 Å². The summed E-state index contributed by atoms with van der Waals surface area (Å²) in [6.07, 6.45) is 2.00. The van der Waals surface area contributed by atoms with Gasteiger partial charge in [-0.3, -0.25) is 0 Å². The van der Waals surface area contributed by atoms with Gasteiger partial charge in [0.1, 0.15) is 11.6 Å². The SMILES string of the molecule is CCCc1nc(N2CCN(c3ccccc3)CC2)c2ccccc2n1. The molecule has 0 spiro atoms. The number of rotatable bonds is 4. The van der Waals surface area contributed by atoms with Crippen LogP contribution in [0.5, 0.6) is 0 Å². The highest BCUT2D eigenvalue weighted by Gasteiger charge is 2.20. The molecule has 4 heteroatoms. The van der Waals surface area contributed by atoms with Crippen molar-refractivity contribution in [2.75, 3.05) is 36.0 Å². The molecule has 1 fully saturated rings. The van der Waals surface area contributed by atoms with E-state index in [1.807, 2.05) is 0 Å². The molecule has 1 aliphatic rings. The second-order valence-electron chi connectivity index (χ2n) is 6.54. The van der Waals surface area contributed by atoms with Crippen LogP contribution in [0.15, 0.2) is 54.6 Å². The molecule has 1 saturated heterocycles. The standard InChI is InChI=1S/C21H24N4/c1-2-8-20-22-19-12-7-6-11-18(19)21(23-20)25-15-13-24(14-16-25)17-9-4-3-5-10-17/h3-7,9-12H,2,8,13-16H2,1H3. The lowest BCUT2D eigenvalue weighted by Gasteiger charge is -2.37. The third-order valence-electron chi connectivity index (χ3n) is 4.80. The van der Waals surface area contributed by atoms with Crippen LogP contribution in [0.2, 0.25) is 0 Å². The average molecular weight is 332 g/mol. The number of hydrogen-bond donors (Lipinski definition) is 0. The van der Waals surface area contributed by atoms with Crippen LogP contribution in [0.3, 0.4) is 0 Å². The number of nitrogens with zero attached hydrogens (tertiary/aromatic N) is 4. The Morgan fingerprint density at radius 2 is 1.48 bits per heavy atom. The molecular formula is C21H24N4. The molecule has 3 aromatic rings. The second kappa shape index (κ2) is 7.09. The predicted molar refractivity (Wildman–Crippen MR) is 104 cm³/mol. The van der Waals surface area contributed by atoms with Gasteiger partial charge in [0.2, 0.25) is 0 Å². The maximum Gasteiger partial charge on any atom is 0.140 e. The number of piperazine rings is 1. The minimum absolute atomic E-state index is 0.932. The Labute approximate surface area is 149 Å². The van der Waals surface area contributed by atoms with Crippen molar-refractivity contribution in [1.29, 1.82) is 0 Å². The fourth-order valence-corrected chi connectivity index (χ4v) is 3.50. The molecule has 4 nitrogen and oxygen atoms in total. The van der Waals surface area contributed by atoms with E-state index in [2.05, 4.69) is 71.3 Å². The van der Waals surface area contributed by atoms with Crippen molar-refractivity contribution in [3.05, 3.63) is 60.4 Å². The summed E-state index contributed by atoms with van der Waals surface area (Å²) in [4.78, 5) is 14.5. The van der Waals surface area contributed by atoms with E-state index in [9.17, 15) is 0 Å². The van der Waals surface area contributed by atoms with Gasteiger partial charge in [0, 0.05) is 43.7 Å². The minimum Gasteiger partial charge on any atom is -0.368 e. The molecule has 0 saturated carbocycles. The Kier molecular flexibility index (Phi) is 4.51. The maximum absolute atomic E-state index is 4.91. The van der Waals surface area contributed by atoms with Crippen LogP contribution in [-0.2, 0) is 6.42 Å². The zero-order valence-corrected chi connectivity index (χ0v) is 14.7. The number of anilines is 2. The van der Waals surface area contributed by atoms with Crippen molar-refractivity contribution in [1.82, 2.24) is 9.97 Å². The van der Waals surface area contributed by atoms with Crippen LogP contribution in [0.25, 0.3) is 10.9 Å². The van der Waals surface area contributed by atoms with Gasteiger partial charge >= 0.3 is 0 Å². The lowest BCUT2D eigenvalue weighted by molar-refractivity contribution is 0.646. The molecule has 0 radical (unpaired) electrons. The topological polar surface area (TPSA) is 32.3 Å². The zero-order valence-electron chi connectivity index (χ0n) is 14.7. The molecule has 0 aliphatic carbocycles.